The minimum Gasteiger partial charge on any atom is -0.469 e. The zero-order valence-electron chi connectivity index (χ0n) is 25.2. The lowest BCUT2D eigenvalue weighted by Crippen LogP contribution is -2.65. The van der Waals surface area contributed by atoms with Gasteiger partial charge in [-0.2, -0.15) is 0 Å². The van der Waals surface area contributed by atoms with Gasteiger partial charge in [0.05, 0.1) is 7.11 Å². The van der Waals surface area contributed by atoms with Gasteiger partial charge in [0, 0.05) is 18.9 Å². The molecule has 1 N–H and O–H groups in total. The summed E-state index contributed by atoms with van der Waals surface area (Å²) < 4.78 is 11.5. The van der Waals surface area contributed by atoms with Crippen molar-refractivity contribution in [3.05, 3.63) is 12.2 Å². The lowest BCUT2D eigenvalue weighted by atomic mass is 9.34. The molecule has 0 aromatic heterocycles. The molecule has 0 saturated heterocycles. The van der Waals surface area contributed by atoms with E-state index in [2.05, 4.69) is 48.1 Å². The molecule has 5 nitrogen and oxygen atoms in total. The van der Waals surface area contributed by atoms with E-state index < -0.39 is 12.0 Å². The normalized spacial score (nSPS) is 50.7. The van der Waals surface area contributed by atoms with Crippen molar-refractivity contribution in [1.29, 1.82) is 0 Å². The number of allylic oxidation sites excluding steroid dienone is 1. The van der Waals surface area contributed by atoms with Crippen LogP contribution in [0.5, 0.6) is 0 Å². The van der Waals surface area contributed by atoms with Gasteiger partial charge in [0.25, 0.3) is 0 Å². The number of hydrogen-bond acceptors (Lipinski definition) is 5. The molecule has 11 atom stereocenters. The summed E-state index contributed by atoms with van der Waals surface area (Å²) in [6.45, 7) is 20.2. The summed E-state index contributed by atoms with van der Waals surface area (Å²) in [7, 11) is 1.48. The number of ether oxygens (including phenoxy) is 2. The fourth-order valence-electron chi connectivity index (χ4n) is 12.3. The average Bonchev–Trinajstić information content (AvgIpc) is 3.31. The number of carbonyl (C=O) groups excluding carboxylic acids is 2. The molecule has 0 bridgehead atoms. The van der Waals surface area contributed by atoms with Crippen molar-refractivity contribution in [2.24, 2.45) is 62.6 Å². The van der Waals surface area contributed by atoms with Crippen molar-refractivity contribution in [2.45, 2.75) is 106 Å². The van der Waals surface area contributed by atoms with Gasteiger partial charge in [-0.3, -0.25) is 9.59 Å². The molecule has 0 amide bonds. The second kappa shape index (κ2) is 8.82. The van der Waals surface area contributed by atoms with E-state index in [1.54, 1.807) is 0 Å². The Kier molecular flexibility index (Phi) is 6.54. The molecule has 0 unspecified atom stereocenters. The molecule has 5 aliphatic carbocycles. The summed E-state index contributed by atoms with van der Waals surface area (Å²) in [5.41, 5.74) is 0.862. The van der Waals surface area contributed by atoms with E-state index in [9.17, 15) is 14.7 Å². The number of hydrogen-bond donors (Lipinski definition) is 1. The second-order valence-corrected chi connectivity index (χ2v) is 15.4. The summed E-state index contributed by atoms with van der Waals surface area (Å²) >= 11 is 0. The van der Waals surface area contributed by atoms with Crippen LogP contribution >= 0.6 is 0 Å². The number of methoxy groups -OCH3 is 1. The Morgan fingerprint density at radius 3 is 2.16 bits per heavy atom. The Balaban J connectivity index is 1.61. The molecule has 5 rings (SSSR count). The number of fused-ring (bicyclic) bond motifs is 7. The Morgan fingerprint density at radius 1 is 0.895 bits per heavy atom. The van der Waals surface area contributed by atoms with Gasteiger partial charge in [-0.15, -0.1) is 0 Å². The Morgan fingerprint density at radius 2 is 1.58 bits per heavy atom. The van der Waals surface area contributed by atoms with Gasteiger partial charge in [-0.05, 0) is 110 Å². The van der Waals surface area contributed by atoms with Crippen LogP contribution in [0.2, 0.25) is 0 Å². The third kappa shape index (κ3) is 3.32. The molecule has 0 aliphatic heterocycles. The lowest BCUT2D eigenvalue weighted by molar-refractivity contribution is -0.229. The van der Waals surface area contributed by atoms with Gasteiger partial charge in [0.1, 0.15) is 12.0 Å². The second-order valence-electron chi connectivity index (χ2n) is 15.4. The minimum atomic E-state index is -0.480. The highest BCUT2D eigenvalue weighted by molar-refractivity contribution is 5.76. The van der Waals surface area contributed by atoms with E-state index in [0.717, 1.165) is 51.4 Å². The SMILES string of the molecule is C=C(C)[C@@H]1CC[C@]2(CO)CC[C@]3(C)[C@H](CC[C@@H]4[C@@]5(C)[C@H](C(=O)OC)[C@H](OC(C)=O)C(C)(C)[C@@H]5CC[C@]43C)[C@@H]12. The van der Waals surface area contributed by atoms with Crippen molar-refractivity contribution < 1.29 is 24.2 Å². The molecule has 5 aliphatic rings. The fourth-order valence-corrected chi connectivity index (χ4v) is 12.3. The predicted octanol–water partition coefficient (Wildman–Crippen LogP) is 6.58. The van der Waals surface area contributed by atoms with Crippen LogP contribution in [0.4, 0.5) is 0 Å². The quantitative estimate of drug-likeness (QED) is 0.330. The third-order valence-electron chi connectivity index (χ3n) is 14.1. The smallest absolute Gasteiger partial charge is 0.313 e. The molecule has 0 radical (unpaired) electrons. The molecule has 5 fully saturated rings. The minimum absolute atomic E-state index is 0.0302. The molecule has 0 spiro atoms. The van der Waals surface area contributed by atoms with Crippen molar-refractivity contribution in [1.82, 2.24) is 0 Å². The zero-order valence-corrected chi connectivity index (χ0v) is 25.2. The molecule has 0 aromatic carbocycles. The monoisotopic (exact) mass is 528 g/mol. The first-order valence-electron chi connectivity index (χ1n) is 15.2. The van der Waals surface area contributed by atoms with E-state index in [0.29, 0.717) is 23.7 Å². The summed E-state index contributed by atoms with van der Waals surface area (Å²) in [5, 5.41) is 10.7. The molecular formula is C33H52O5. The predicted molar refractivity (Wildman–Crippen MR) is 148 cm³/mol. The maximum atomic E-state index is 13.6. The standard InChI is InChI=1S/C33H52O5/c1-19(2)21-12-15-33(18-34)17-16-30(6)22(25(21)33)10-11-24-31(30,7)14-13-23-29(4,5)27(38-20(3)35)26(28(36)37-9)32(23,24)8/h21-27,34H,1,10-18H2,2-9H3/t21-,22+,23-,24-,25+,26-,27-,30+,31+,32-,33+/m0/s1. The average molecular weight is 529 g/mol. The van der Waals surface area contributed by atoms with E-state index >= 15 is 0 Å². The van der Waals surface area contributed by atoms with Gasteiger partial charge >= 0.3 is 11.9 Å². The van der Waals surface area contributed by atoms with Gasteiger partial charge in [-0.25, -0.2) is 0 Å². The maximum Gasteiger partial charge on any atom is 0.313 e. The van der Waals surface area contributed by atoms with Gasteiger partial charge in [0.2, 0.25) is 0 Å². The highest BCUT2D eigenvalue weighted by atomic mass is 16.6. The number of rotatable bonds is 4. The highest BCUT2D eigenvalue weighted by Crippen LogP contribution is 2.79. The Labute approximate surface area is 230 Å². The van der Waals surface area contributed by atoms with Gasteiger partial charge in [-0.1, -0.05) is 46.8 Å². The van der Waals surface area contributed by atoms with Crippen LogP contribution in [-0.4, -0.2) is 36.9 Å². The van der Waals surface area contributed by atoms with Crippen LogP contribution in [-0.2, 0) is 19.1 Å². The Hall–Kier alpha value is -1.36. The first-order chi connectivity index (χ1) is 17.7. The number of carbonyl (C=O) groups is 2. The molecule has 0 heterocycles. The number of aliphatic hydroxyl groups excluding tert-OH is 1. The van der Waals surface area contributed by atoms with Crippen molar-refractivity contribution in [3.8, 4) is 0 Å². The van der Waals surface area contributed by atoms with E-state index in [4.69, 9.17) is 9.47 Å². The van der Waals surface area contributed by atoms with E-state index in [1.165, 1.54) is 19.6 Å². The number of aliphatic hydroxyl groups is 1. The molecular weight excluding hydrogens is 476 g/mol. The van der Waals surface area contributed by atoms with Gasteiger partial charge in [0.15, 0.2) is 0 Å². The fraction of sp³-hybridized carbons (Fsp3) is 0.879. The van der Waals surface area contributed by atoms with Crippen molar-refractivity contribution >= 4 is 11.9 Å². The highest BCUT2D eigenvalue weighted by Gasteiger charge is 2.76. The van der Waals surface area contributed by atoms with E-state index in [1.807, 2.05) is 0 Å². The molecule has 5 heteroatoms. The van der Waals surface area contributed by atoms with Crippen LogP contribution in [0.15, 0.2) is 12.2 Å². The van der Waals surface area contributed by atoms with Crippen LogP contribution in [0, 0.1) is 62.6 Å². The first kappa shape index (κ1) is 28.2. The third-order valence-corrected chi connectivity index (χ3v) is 14.1. The summed E-state index contributed by atoms with van der Waals surface area (Å²) in [5.74, 6) is 1.11. The summed E-state index contributed by atoms with van der Waals surface area (Å²) in [6.07, 6.45) is 8.35. The molecule has 214 valence electrons. The zero-order chi connectivity index (χ0) is 28.1. The molecule has 5 saturated carbocycles. The van der Waals surface area contributed by atoms with Crippen LogP contribution in [0.3, 0.4) is 0 Å². The lowest BCUT2D eigenvalue weighted by Gasteiger charge is -2.70. The number of esters is 2. The summed E-state index contributed by atoms with van der Waals surface area (Å²) in [6, 6.07) is 0. The largest absolute Gasteiger partial charge is 0.469 e. The Bertz CT molecular complexity index is 1020. The van der Waals surface area contributed by atoms with Crippen LogP contribution in [0.25, 0.3) is 0 Å². The summed E-state index contributed by atoms with van der Waals surface area (Å²) in [4.78, 5) is 25.9. The van der Waals surface area contributed by atoms with Crippen LogP contribution < -0.4 is 0 Å². The molecule has 0 aromatic rings. The molecule has 38 heavy (non-hydrogen) atoms. The first-order valence-corrected chi connectivity index (χ1v) is 15.2. The van der Waals surface area contributed by atoms with Crippen molar-refractivity contribution in [2.75, 3.05) is 13.7 Å². The topological polar surface area (TPSA) is 72.8 Å². The maximum absolute atomic E-state index is 13.6. The van der Waals surface area contributed by atoms with Crippen LogP contribution in [0.1, 0.15) is 99.8 Å². The van der Waals surface area contributed by atoms with Crippen molar-refractivity contribution in [3.63, 3.8) is 0 Å². The van der Waals surface area contributed by atoms with Gasteiger partial charge < -0.3 is 14.6 Å². The van der Waals surface area contributed by atoms with E-state index in [-0.39, 0.29) is 51.5 Å².